The Morgan fingerprint density at radius 3 is 2.89 bits per heavy atom. The fourth-order valence-corrected chi connectivity index (χ4v) is 3.22. The Balaban J connectivity index is 1.60. The van der Waals surface area contributed by atoms with Crippen molar-refractivity contribution < 1.29 is 9.53 Å². The summed E-state index contributed by atoms with van der Waals surface area (Å²) in [5.41, 5.74) is 10.3. The van der Waals surface area contributed by atoms with Gasteiger partial charge in [0, 0.05) is 10.6 Å². The lowest BCUT2D eigenvalue weighted by Crippen LogP contribution is -2.17. The van der Waals surface area contributed by atoms with E-state index >= 15 is 0 Å². The van der Waals surface area contributed by atoms with Crippen molar-refractivity contribution in [3.63, 3.8) is 0 Å². The number of rotatable bonds is 6. The molecule has 3 rings (SSSR count). The molecular weight excluding hydrogens is 384 g/mol. The predicted molar refractivity (Wildman–Crippen MR) is 109 cm³/mol. The van der Waals surface area contributed by atoms with E-state index in [9.17, 15) is 4.79 Å². The molecule has 0 aliphatic carbocycles. The number of hydrogen-bond donors (Lipinski definition) is 2. The Labute approximate surface area is 165 Å². The van der Waals surface area contributed by atoms with Crippen molar-refractivity contribution in [2.24, 2.45) is 5.10 Å². The van der Waals surface area contributed by atoms with Gasteiger partial charge in [-0.3, -0.25) is 4.79 Å². The van der Waals surface area contributed by atoms with E-state index in [1.165, 1.54) is 0 Å². The van der Waals surface area contributed by atoms with Crippen LogP contribution in [0.15, 0.2) is 53.6 Å². The minimum absolute atomic E-state index is 0.343. The van der Waals surface area contributed by atoms with Crippen LogP contribution in [0.4, 0.5) is 5.13 Å². The van der Waals surface area contributed by atoms with Gasteiger partial charge in [-0.1, -0.05) is 53.3 Å². The minimum atomic E-state index is -0.343. The van der Waals surface area contributed by atoms with E-state index in [1.54, 1.807) is 13.1 Å². The number of hydrazone groups is 1. The molecule has 0 saturated heterocycles. The number of nitrogens with two attached hydrogens (primary N) is 1. The Kier molecular flexibility index (Phi) is 6.05. The average molecular weight is 401 g/mol. The summed E-state index contributed by atoms with van der Waals surface area (Å²) in [4.78, 5) is 16.5. The van der Waals surface area contributed by atoms with E-state index in [0.717, 1.165) is 22.5 Å². The summed E-state index contributed by atoms with van der Waals surface area (Å²) in [6.45, 7) is 2.09. The van der Waals surface area contributed by atoms with Crippen molar-refractivity contribution in [1.29, 1.82) is 0 Å². The molecule has 27 heavy (non-hydrogen) atoms. The van der Waals surface area contributed by atoms with Crippen LogP contribution in [0.5, 0.6) is 5.75 Å². The molecule has 2 aromatic carbocycles. The molecule has 0 unspecified atom stereocenters. The van der Waals surface area contributed by atoms with Crippen molar-refractivity contribution in [3.8, 4) is 5.75 Å². The number of anilines is 1. The maximum atomic E-state index is 12.1. The molecule has 0 atom stereocenters. The first-order valence-corrected chi connectivity index (χ1v) is 9.25. The molecule has 138 valence electrons. The smallest absolute Gasteiger partial charge is 0.283 e. The third kappa shape index (κ3) is 5.06. The Hall–Kier alpha value is -2.90. The summed E-state index contributed by atoms with van der Waals surface area (Å²) >= 11 is 7.26. The molecular formula is C19H17ClN4O2S. The van der Waals surface area contributed by atoms with Gasteiger partial charge in [0.15, 0.2) is 5.13 Å². The number of aromatic nitrogens is 1. The predicted octanol–water partition coefficient (Wildman–Crippen LogP) is 4.03. The zero-order chi connectivity index (χ0) is 19.2. The molecule has 0 aliphatic heterocycles. The van der Waals surface area contributed by atoms with Gasteiger partial charge in [-0.15, -0.1) is 0 Å². The van der Waals surface area contributed by atoms with Crippen LogP contribution in [0.2, 0.25) is 5.02 Å². The van der Waals surface area contributed by atoms with Crippen LogP contribution in [-0.2, 0) is 6.61 Å². The van der Waals surface area contributed by atoms with Crippen molar-refractivity contribution >= 4 is 40.2 Å². The number of nitrogen functional groups attached to an aromatic ring is 1. The van der Waals surface area contributed by atoms with Gasteiger partial charge >= 0.3 is 0 Å². The fourth-order valence-electron chi connectivity index (χ4n) is 2.31. The van der Waals surface area contributed by atoms with Crippen LogP contribution in [0.3, 0.4) is 0 Å². The molecule has 0 fully saturated rings. The lowest BCUT2D eigenvalue weighted by atomic mass is 10.2. The molecule has 6 nitrogen and oxygen atoms in total. The lowest BCUT2D eigenvalue weighted by Gasteiger charge is -2.08. The largest absolute Gasteiger partial charge is 0.489 e. The summed E-state index contributed by atoms with van der Waals surface area (Å²) < 4.78 is 5.77. The number of ether oxygens (including phenoxy) is 1. The molecule has 0 aliphatic rings. The summed E-state index contributed by atoms with van der Waals surface area (Å²) in [5.74, 6) is 0.334. The normalized spacial score (nSPS) is 10.9. The van der Waals surface area contributed by atoms with Crippen LogP contribution < -0.4 is 15.9 Å². The number of nitrogens with one attached hydrogen (secondary N) is 1. The maximum absolute atomic E-state index is 12.1. The molecule has 3 N–H and O–H groups in total. The fraction of sp³-hybridized carbons (Fsp3) is 0.105. The SMILES string of the molecule is Cc1nc(N)sc1C(=O)N/N=C/c1cccc(OCc2ccccc2Cl)c1. The second-order valence-electron chi connectivity index (χ2n) is 5.62. The minimum Gasteiger partial charge on any atom is -0.489 e. The van der Waals surface area contributed by atoms with Crippen molar-refractivity contribution in [3.05, 3.63) is 75.3 Å². The van der Waals surface area contributed by atoms with Crippen LogP contribution in [0.25, 0.3) is 0 Å². The summed E-state index contributed by atoms with van der Waals surface area (Å²) in [7, 11) is 0. The van der Waals surface area contributed by atoms with E-state index in [4.69, 9.17) is 22.1 Å². The van der Waals surface area contributed by atoms with Gasteiger partial charge in [0.05, 0.1) is 11.9 Å². The summed E-state index contributed by atoms with van der Waals surface area (Å²) in [6.07, 6.45) is 1.54. The zero-order valence-electron chi connectivity index (χ0n) is 14.5. The first kappa shape index (κ1) is 18.9. The van der Waals surface area contributed by atoms with Crippen molar-refractivity contribution in [2.75, 3.05) is 5.73 Å². The van der Waals surface area contributed by atoms with Crippen molar-refractivity contribution in [1.82, 2.24) is 10.4 Å². The summed E-state index contributed by atoms with van der Waals surface area (Å²) in [5, 5.41) is 4.99. The van der Waals surface area contributed by atoms with Gasteiger partial charge in [-0.05, 0) is 30.7 Å². The van der Waals surface area contributed by atoms with E-state index in [-0.39, 0.29) is 5.91 Å². The number of halogens is 1. The number of carbonyl (C=O) groups excluding carboxylic acids is 1. The number of nitrogens with zero attached hydrogens (tertiary/aromatic N) is 2. The maximum Gasteiger partial charge on any atom is 0.283 e. The molecule has 0 bridgehead atoms. The monoisotopic (exact) mass is 400 g/mol. The van der Waals surface area contributed by atoms with Gasteiger partial charge in [0.25, 0.3) is 5.91 Å². The number of hydrogen-bond acceptors (Lipinski definition) is 6. The van der Waals surface area contributed by atoms with Crippen LogP contribution in [-0.4, -0.2) is 17.1 Å². The Morgan fingerprint density at radius 1 is 1.33 bits per heavy atom. The van der Waals surface area contributed by atoms with Gasteiger partial charge in [0.2, 0.25) is 0 Å². The lowest BCUT2D eigenvalue weighted by molar-refractivity contribution is 0.0958. The average Bonchev–Trinajstić information content (AvgIpc) is 3.00. The highest BCUT2D eigenvalue weighted by molar-refractivity contribution is 7.17. The molecule has 0 saturated carbocycles. The molecule has 0 spiro atoms. The molecule has 1 heterocycles. The number of aryl methyl sites for hydroxylation is 1. The first-order chi connectivity index (χ1) is 13.0. The number of thiazole rings is 1. The van der Waals surface area contributed by atoms with E-state index in [0.29, 0.717) is 33.1 Å². The van der Waals surface area contributed by atoms with E-state index in [2.05, 4.69) is 15.5 Å². The third-order valence-electron chi connectivity index (χ3n) is 3.61. The standard InChI is InChI=1S/C19H17ClN4O2S/c1-12-17(27-19(21)23-12)18(25)24-22-10-13-5-4-7-15(9-13)26-11-14-6-2-3-8-16(14)20/h2-10H,11H2,1H3,(H2,21,23)(H,24,25)/b22-10+. The molecule has 8 heteroatoms. The highest BCUT2D eigenvalue weighted by Gasteiger charge is 2.13. The van der Waals surface area contributed by atoms with Crippen LogP contribution in [0, 0.1) is 6.92 Å². The van der Waals surface area contributed by atoms with Crippen molar-refractivity contribution in [2.45, 2.75) is 13.5 Å². The zero-order valence-corrected chi connectivity index (χ0v) is 16.1. The van der Waals surface area contributed by atoms with E-state index < -0.39 is 0 Å². The Morgan fingerprint density at radius 2 is 2.15 bits per heavy atom. The highest BCUT2D eigenvalue weighted by atomic mass is 35.5. The summed E-state index contributed by atoms with van der Waals surface area (Å²) in [6, 6.07) is 14.9. The second kappa shape index (κ2) is 8.66. The van der Waals surface area contributed by atoms with Crippen LogP contribution >= 0.6 is 22.9 Å². The highest BCUT2D eigenvalue weighted by Crippen LogP contribution is 2.20. The van der Waals surface area contributed by atoms with E-state index in [1.807, 2.05) is 48.5 Å². The van der Waals surface area contributed by atoms with Crippen LogP contribution in [0.1, 0.15) is 26.5 Å². The number of carbonyl (C=O) groups is 1. The molecule has 0 radical (unpaired) electrons. The molecule has 3 aromatic rings. The topological polar surface area (TPSA) is 89.6 Å². The molecule has 1 amide bonds. The number of amides is 1. The third-order valence-corrected chi connectivity index (χ3v) is 4.96. The first-order valence-electron chi connectivity index (χ1n) is 8.05. The quantitative estimate of drug-likeness (QED) is 0.483. The number of benzene rings is 2. The molecule has 1 aromatic heterocycles. The van der Waals surface area contributed by atoms with Gasteiger partial charge in [0.1, 0.15) is 17.2 Å². The van der Waals surface area contributed by atoms with Gasteiger partial charge in [-0.2, -0.15) is 5.10 Å². The van der Waals surface area contributed by atoms with Gasteiger partial charge in [-0.25, -0.2) is 10.4 Å². The van der Waals surface area contributed by atoms with Gasteiger partial charge < -0.3 is 10.5 Å². The second-order valence-corrected chi connectivity index (χ2v) is 7.06. The Bertz CT molecular complexity index is 987.